The Balaban J connectivity index is 1.23. The summed E-state index contributed by atoms with van der Waals surface area (Å²) >= 11 is 6.97. The molecule has 0 radical (unpaired) electrons. The first-order chi connectivity index (χ1) is 21.7. The number of aromatic nitrogens is 2. The Morgan fingerprint density at radius 2 is 0.956 bits per heavy atom. The van der Waals surface area contributed by atoms with Crippen molar-refractivity contribution in [2.45, 2.75) is 11.5 Å². The number of hydrogen-bond donors (Lipinski definition) is 0. The lowest BCUT2D eigenvalue weighted by molar-refractivity contribution is 0.581. The molecule has 2 aromatic heterocycles. The van der Waals surface area contributed by atoms with Crippen molar-refractivity contribution in [3.05, 3.63) is 154 Å². The molecule has 0 spiro atoms. The largest absolute Gasteiger partial charge is 0.264 e. The summed E-state index contributed by atoms with van der Waals surface area (Å²) in [7, 11) is -3.91. The van der Waals surface area contributed by atoms with Crippen LogP contribution < -0.4 is 0 Å². The molecular formula is C36H24Br2F2N2O2S. The van der Waals surface area contributed by atoms with E-state index in [4.69, 9.17) is 0 Å². The Morgan fingerprint density at radius 1 is 0.533 bits per heavy atom. The Morgan fingerprint density at radius 3 is 1.36 bits per heavy atom. The number of hydrogen-bond acceptors (Lipinski definition) is 4. The molecule has 0 aliphatic carbocycles. The predicted octanol–water partition coefficient (Wildman–Crippen LogP) is 10.1. The van der Waals surface area contributed by atoms with Crippen molar-refractivity contribution in [1.29, 1.82) is 0 Å². The summed E-state index contributed by atoms with van der Waals surface area (Å²) in [6, 6.07) is 28.1. The summed E-state index contributed by atoms with van der Waals surface area (Å²) in [4.78, 5) is 8.43. The van der Waals surface area contributed by atoms with Gasteiger partial charge >= 0.3 is 0 Å². The van der Waals surface area contributed by atoms with E-state index in [1.54, 1.807) is 36.9 Å². The van der Waals surface area contributed by atoms with Crippen molar-refractivity contribution in [2.24, 2.45) is 0 Å². The van der Waals surface area contributed by atoms with Crippen LogP contribution >= 0.6 is 31.9 Å². The van der Waals surface area contributed by atoms with Crippen LogP contribution in [0.1, 0.15) is 11.1 Å². The van der Waals surface area contributed by atoms with Crippen LogP contribution in [0.4, 0.5) is 8.78 Å². The van der Waals surface area contributed by atoms with Gasteiger partial charge in [-0.25, -0.2) is 17.2 Å². The molecule has 4 aromatic carbocycles. The lowest BCUT2D eigenvalue weighted by Gasteiger charge is -2.13. The van der Waals surface area contributed by atoms with Crippen molar-refractivity contribution >= 4 is 41.7 Å². The summed E-state index contributed by atoms with van der Waals surface area (Å²) < 4.78 is 58.8. The minimum absolute atomic E-state index is 0.0118. The van der Waals surface area contributed by atoms with Crippen LogP contribution in [-0.2, 0) is 21.3 Å². The molecule has 0 fully saturated rings. The molecule has 0 saturated heterocycles. The first-order valence-electron chi connectivity index (χ1n) is 13.8. The second-order valence-corrected chi connectivity index (χ2v) is 14.4. The van der Waals surface area contributed by atoms with E-state index in [1.807, 2.05) is 60.7 Å². The highest BCUT2D eigenvalue weighted by atomic mass is 79.9. The lowest BCUT2D eigenvalue weighted by atomic mass is 9.96. The van der Waals surface area contributed by atoms with Crippen LogP contribution in [0.3, 0.4) is 0 Å². The van der Waals surface area contributed by atoms with E-state index in [2.05, 4.69) is 41.8 Å². The minimum atomic E-state index is -3.91. The molecule has 2 heterocycles. The van der Waals surface area contributed by atoms with Crippen molar-refractivity contribution in [3.63, 3.8) is 0 Å². The molecule has 0 amide bonds. The molecule has 6 rings (SSSR count). The molecule has 0 N–H and O–H groups in total. The summed E-state index contributed by atoms with van der Waals surface area (Å²) in [5, 5.41) is 0. The van der Waals surface area contributed by atoms with E-state index >= 15 is 8.78 Å². The molecule has 6 aromatic rings. The average Bonchev–Trinajstić information content (AvgIpc) is 3.03. The van der Waals surface area contributed by atoms with E-state index in [9.17, 15) is 8.42 Å². The first kappa shape index (κ1) is 31.0. The van der Waals surface area contributed by atoms with E-state index in [1.165, 1.54) is 24.3 Å². The van der Waals surface area contributed by atoms with Gasteiger partial charge in [-0.15, -0.1) is 0 Å². The molecule has 0 bridgehead atoms. The Hall–Kier alpha value is -4.05. The van der Waals surface area contributed by atoms with Gasteiger partial charge in [-0.2, -0.15) is 0 Å². The number of sulfone groups is 1. The summed E-state index contributed by atoms with van der Waals surface area (Å²) in [5.74, 6) is -2.46. The van der Waals surface area contributed by atoms with Gasteiger partial charge in [-0.05, 0) is 81.9 Å². The van der Waals surface area contributed by atoms with Gasteiger partial charge in [-0.3, -0.25) is 9.97 Å². The number of nitrogens with zero attached hydrogens (tertiary/aromatic N) is 2. The first-order valence-corrected chi connectivity index (χ1v) is 17.3. The number of benzene rings is 4. The monoisotopic (exact) mass is 744 g/mol. The van der Waals surface area contributed by atoms with E-state index in [-0.39, 0.29) is 11.1 Å². The number of rotatable bonds is 8. The van der Waals surface area contributed by atoms with Crippen LogP contribution in [0.2, 0.25) is 0 Å². The Bertz CT molecular complexity index is 2010. The van der Waals surface area contributed by atoms with Crippen molar-refractivity contribution in [2.75, 3.05) is 0 Å². The fourth-order valence-corrected chi connectivity index (χ4v) is 7.57. The molecule has 0 saturated carbocycles. The maximum atomic E-state index is 15.4. The average molecular weight is 746 g/mol. The van der Waals surface area contributed by atoms with Crippen molar-refractivity contribution < 1.29 is 17.2 Å². The van der Waals surface area contributed by atoms with Crippen LogP contribution in [0.25, 0.3) is 44.5 Å². The van der Waals surface area contributed by atoms with E-state index < -0.39 is 33.0 Å². The van der Waals surface area contributed by atoms with Crippen molar-refractivity contribution in [3.8, 4) is 44.5 Å². The molecule has 4 nitrogen and oxygen atoms in total. The molecule has 0 unspecified atom stereocenters. The van der Waals surface area contributed by atoms with Gasteiger partial charge in [0.05, 0.1) is 11.5 Å². The fourth-order valence-electron chi connectivity index (χ4n) is 5.25. The second kappa shape index (κ2) is 13.1. The number of halogens is 4. The smallest absolute Gasteiger partial charge is 0.158 e. The maximum absolute atomic E-state index is 15.4. The molecule has 224 valence electrons. The third-order valence-electron chi connectivity index (χ3n) is 7.39. The van der Waals surface area contributed by atoms with Gasteiger partial charge in [0.25, 0.3) is 0 Å². The van der Waals surface area contributed by atoms with Gasteiger partial charge in [-0.1, -0.05) is 80.4 Å². The molecule has 0 aliphatic heterocycles. The fraction of sp³-hybridized carbons (Fsp3) is 0.0556. The van der Waals surface area contributed by atoms with Crippen LogP contribution in [0, 0.1) is 11.6 Å². The zero-order chi connectivity index (χ0) is 31.6. The summed E-state index contributed by atoms with van der Waals surface area (Å²) in [6.07, 6.45) is 6.64. The molecule has 0 aliphatic rings. The zero-order valence-corrected chi connectivity index (χ0v) is 27.6. The SMILES string of the molecule is O=S(=O)(Cc1ccc(-c2cnccc2-c2cccc(Br)c2)cc1F)Cc1ccc(-c2cnccc2-c2cccc(Br)c2)cc1F. The summed E-state index contributed by atoms with van der Waals surface area (Å²) in [5.41, 5.74) is 6.15. The Labute approximate surface area is 277 Å². The quantitative estimate of drug-likeness (QED) is 0.156. The standard InChI is InChI=1S/C36H24Br2F2N2O2S/c37-29-5-1-3-23(15-29)31-11-13-41-19-33(31)25-7-9-27(35(39)17-25)21-45(43,44)22-28-10-8-26(18-36(28)40)34-20-42-14-12-32(34)24-4-2-6-30(38)16-24/h1-20H,21-22H2. The van der Waals surface area contributed by atoms with Gasteiger partial charge < -0.3 is 0 Å². The highest BCUT2D eigenvalue weighted by Crippen LogP contribution is 2.35. The highest BCUT2D eigenvalue weighted by Gasteiger charge is 2.20. The van der Waals surface area contributed by atoms with Gasteiger partial charge in [0, 0.05) is 56.0 Å². The number of pyridine rings is 2. The Kier molecular flexibility index (Phi) is 9.03. The molecule has 0 atom stereocenters. The molecule has 9 heteroatoms. The third kappa shape index (κ3) is 7.11. The lowest BCUT2D eigenvalue weighted by Crippen LogP contribution is -2.10. The highest BCUT2D eigenvalue weighted by molar-refractivity contribution is 9.10. The van der Waals surface area contributed by atoms with Gasteiger partial charge in [0.2, 0.25) is 0 Å². The van der Waals surface area contributed by atoms with Crippen LogP contribution in [-0.4, -0.2) is 18.4 Å². The minimum Gasteiger partial charge on any atom is -0.264 e. The topological polar surface area (TPSA) is 59.9 Å². The molecule has 45 heavy (non-hydrogen) atoms. The van der Waals surface area contributed by atoms with Gasteiger partial charge in [0.1, 0.15) is 11.6 Å². The summed E-state index contributed by atoms with van der Waals surface area (Å²) in [6.45, 7) is 0. The van der Waals surface area contributed by atoms with Crippen LogP contribution in [0.15, 0.2) is 131 Å². The van der Waals surface area contributed by atoms with E-state index in [0.29, 0.717) is 22.3 Å². The van der Waals surface area contributed by atoms with E-state index in [0.717, 1.165) is 31.2 Å². The third-order valence-corrected chi connectivity index (χ3v) is 9.88. The normalized spacial score (nSPS) is 11.5. The maximum Gasteiger partial charge on any atom is 0.158 e. The molecular weight excluding hydrogens is 722 g/mol. The van der Waals surface area contributed by atoms with Gasteiger partial charge in [0.15, 0.2) is 9.84 Å². The predicted molar refractivity (Wildman–Crippen MR) is 182 cm³/mol. The zero-order valence-electron chi connectivity index (χ0n) is 23.6. The van der Waals surface area contributed by atoms with Crippen molar-refractivity contribution in [1.82, 2.24) is 9.97 Å². The van der Waals surface area contributed by atoms with Crippen LogP contribution in [0.5, 0.6) is 0 Å². The second-order valence-electron chi connectivity index (χ2n) is 10.5.